The molecule has 0 N–H and O–H groups in total. The molecule has 2 heteroatoms. The standard InChI is InChI=1S/C14H15NO/c1-15-13-9-5-4-7-11(13)10-6-2-3-8-12(10)14(15)16/h2-4,6-8,11,13H,5,9H2,1H3. The van der Waals surface area contributed by atoms with E-state index in [4.69, 9.17) is 0 Å². The number of hydrogen-bond donors (Lipinski definition) is 0. The number of hydrogen-bond acceptors (Lipinski definition) is 1. The van der Waals surface area contributed by atoms with Crippen molar-refractivity contribution in [2.45, 2.75) is 24.8 Å². The summed E-state index contributed by atoms with van der Waals surface area (Å²) < 4.78 is 0. The molecule has 2 unspecified atom stereocenters. The van der Waals surface area contributed by atoms with Gasteiger partial charge in [-0.2, -0.15) is 0 Å². The highest BCUT2D eigenvalue weighted by molar-refractivity contribution is 5.97. The van der Waals surface area contributed by atoms with Crippen LogP contribution in [-0.2, 0) is 0 Å². The van der Waals surface area contributed by atoms with Gasteiger partial charge in [-0.25, -0.2) is 0 Å². The molecule has 0 spiro atoms. The summed E-state index contributed by atoms with van der Waals surface area (Å²) >= 11 is 0. The zero-order chi connectivity index (χ0) is 11.1. The van der Waals surface area contributed by atoms with Crippen LogP contribution >= 0.6 is 0 Å². The number of amides is 1. The van der Waals surface area contributed by atoms with E-state index < -0.39 is 0 Å². The molecule has 2 atom stereocenters. The number of likely N-dealkylation sites (N-methyl/N-ethyl adjacent to an activating group) is 1. The van der Waals surface area contributed by atoms with Crippen molar-refractivity contribution in [3.05, 3.63) is 47.5 Å². The lowest BCUT2D eigenvalue weighted by atomic mass is 9.78. The lowest BCUT2D eigenvalue weighted by Crippen LogP contribution is -2.45. The second-order valence-electron chi connectivity index (χ2n) is 4.60. The molecule has 1 aromatic carbocycles. The Morgan fingerprint density at radius 1 is 1.31 bits per heavy atom. The van der Waals surface area contributed by atoms with Crippen LogP contribution in [0.4, 0.5) is 0 Å². The Kier molecular flexibility index (Phi) is 2.10. The molecule has 2 nitrogen and oxygen atoms in total. The highest BCUT2D eigenvalue weighted by Crippen LogP contribution is 2.37. The van der Waals surface area contributed by atoms with Gasteiger partial charge in [-0.1, -0.05) is 30.4 Å². The van der Waals surface area contributed by atoms with Gasteiger partial charge in [-0.15, -0.1) is 0 Å². The van der Waals surface area contributed by atoms with Crippen LogP contribution in [0.1, 0.15) is 34.7 Å². The van der Waals surface area contributed by atoms with Crippen molar-refractivity contribution in [2.24, 2.45) is 0 Å². The molecule has 0 bridgehead atoms. The van der Waals surface area contributed by atoms with Crippen LogP contribution in [0.3, 0.4) is 0 Å². The minimum atomic E-state index is 0.173. The minimum absolute atomic E-state index is 0.173. The van der Waals surface area contributed by atoms with Gasteiger partial charge in [0.1, 0.15) is 0 Å². The van der Waals surface area contributed by atoms with E-state index in [9.17, 15) is 4.79 Å². The number of carbonyl (C=O) groups is 1. The van der Waals surface area contributed by atoms with E-state index in [0.29, 0.717) is 12.0 Å². The Balaban J connectivity index is 2.17. The average molecular weight is 213 g/mol. The molecule has 82 valence electrons. The van der Waals surface area contributed by atoms with Crippen molar-refractivity contribution in [3.63, 3.8) is 0 Å². The molecule has 16 heavy (non-hydrogen) atoms. The first kappa shape index (κ1) is 9.64. The molecule has 1 heterocycles. The molecule has 1 aliphatic carbocycles. The van der Waals surface area contributed by atoms with Crippen molar-refractivity contribution < 1.29 is 4.79 Å². The molecule has 0 saturated carbocycles. The summed E-state index contributed by atoms with van der Waals surface area (Å²) in [4.78, 5) is 14.1. The molecule has 3 rings (SSSR count). The summed E-state index contributed by atoms with van der Waals surface area (Å²) in [5, 5.41) is 0. The Hall–Kier alpha value is -1.57. The number of carbonyl (C=O) groups excluding carboxylic acids is 1. The van der Waals surface area contributed by atoms with Crippen LogP contribution in [0.25, 0.3) is 0 Å². The average Bonchev–Trinajstić information content (AvgIpc) is 2.36. The second-order valence-corrected chi connectivity index (χ2v) is 4.60. The number of rotatable bonds is 0. The molecule has 2 aliphatic rings. The third-order valence-corrected chi connectivity index (χ3v) is 3.76. The van der Waals surface area contributed by atoms with Crippen molar-refractivity contribution in [3.8, 4) is 0 Å². The number of allylic oxidation sites excluding steroid dienone is 1. The van der Waals surface area contributed by atoms with Gasteiger partial charge in [-0.05, 0) is 24.5 Å². The summed E-state index contributed by atoms with van der Waals surface area (Å²) in [6.07, 6.45) is 6.66. The lowest BCUT2D eigenvalue weighted by Gasteiger charge is -2.40. The van der Waals surface area contributed by atoms with Gasteiger partial charge < -0.3 is 4.90 Å². The van der Waals surface area contributed by atoms with E-state index >= 15 is 0 Å². The third-order valence-electron chi connectivity index (χ3n) is 3.76. The van der Waals surface area contributed by atoms with Crippen molar-refractivity contribution in [1.29, 1.82) is 0 Å². The van der Waals surface area contributed by atoms with E-state index in [1.54, 1.807) is 0 Å². The van der Waals surface area contributed by atoms with Gasteiger partial charge in [-0.3, -0.25) is 4.79 Å². The van der Waals surface area contributed by atoms with Gasteiger partial charge in [0.2, 0.25) is 0 Å². The number of benzene rings is 1. The maximum Gasteiger partial charge on any atom is 0.254 e. The number of fused-ring (bicyclic) bond motifs is 3. The Morgan fingerprint density at radius 3 is 3.00 bits per heavy atom. The molecule has 0 aromatic heterocycles. The SMILES string of the molecule is CN1C(=O)c2ccccc2C2C=CCCC21. The van der Waals surface area contributed by atoms with Gasteiger partial charge in [0, 0.05) is 24.6 Å². The van der Waals surface area contributed by atoms with Crippen LogP contribution in [0.5, 0.6) is 0 Å². The first-order chi connectivity index (χ1) is 7.79. The number of nitrogens with zero attached hydrogens (tertiary/aromatic N) is 1. The Morgan fingerprint density at radius 2 is 2.12 bits per heavy atom. The van der Waals surface area contributed by atoms with E-state index in [1.807, 2.05) is 30.1 Å². The van der Waals surface area contributed by atoms with Crippen LogP contribution in [0.15, 0.2) is 36.4 Å². The monoisotopic (exact) mass is 213 g/mol. The second kappa shape index (κ2) is 3.48. The summed E-state index contributed by atoms with van der Waals surface area (Å²) in [6, 6.07) is 8.35. The van der Waals surface area contributed by atoms with Gasteiger partial charge >= 0.3 is 0 Å². The van der Waals surface area contributed by atoms with Crippen molar-refractivity contribution in [1.82, 2.24) is 4.90 Å². The zero-order valence-electron chi connectivity index (χ0n) is 9.39. The van der Waals surface area contributed by atoms with Crippen LogP contribution < -0.4 is 0 Å². The highest BCUT2D eigenvalue weighted by atomic mass is 16.2. The van der Waals surface area contributed by atoms with Crippen LogP contribution in [0.2, 0.25) is 0 Å². The maximum absolute atomic E-state index is 12.2. The zero-order valence-corrected chi connectivity index (χ0v) is 9.39. The topological polar surface area (TPSA) is 20.3 Å². The van der Waals surface area contributed by atoms with Gasteiger partial charge in [0.25, 0.3) is 5.91 Å². The van der Waals surface area contributed by atoms with Gasteiger partial charge in [0.15, 0.2) is 0 Å². The molecule has 0 saturated heterocycles. The molecular weight excluding hydrogens is 198 g/mol. The normalized spacial score (nSPS) is 27.6. The predicted octanol–water partition coefficient (Wildman–Crippen LogP) is 2.57. The van der Waals surface area contributed by atoms with Crippen LogP contribution in [-0.4, -0.2) is 23.9 Å². The summed E-state index contributed by atoms with van der Waals surface area (Å²) in [5.41, 5.74) is 2.07. The maximum atomic E-state index is 12.2. The fourth-order valence-corrected chi connectivity index (χ4v) is 2.89. The Labute approximate surface area is 95.6 Å². The fraction of sp³-hybridized carbons (Fsp3) is 0.357. The van der Waals surface area contributed by atoms with Crippen molar-refractivity contribution in [2.75, 3.05) is 7.05 Å². The molecule has 1 aromatic rings. The Bertz CT molecular complexity index is 464. The fourth-order valence-electron chi connectivity index (χ4n) is 2.89. The first-order valence-electron chi connectivity index (χ1n) is 5.82. The van der Waals surface area contributed by atoms with E-state index in [-0.39, 0.29) is 5.91 Å². The lowest BCUT2D eigenvalue weighted by molar-refractivity contribution is 0.0677. The minimum Gasteiger partial charge on any atom is -0.338 e. The summed E-state index contributed by atoms with van der Waals surface area (Å²) in [5.74, 6) is 0.569. The van der Waals surface area contributed by atoms with E-state index in [0.717, 1.165) is 18.4 Å². The van der Waals surface area contributed by atoms with Crippen molar-refractivity contribution >= 4 is 5.91 Å². The van der Waals surface area contributed by atoms with Crippen LogP contribution in [0, 0.1) is 0 Å². The molecule has 0 fully saturated rings. The van der Waals surface area contributed by atoms with E-state index in [2.05, 4.69) is 18.2 Å². The quantitative estimate of drug-likeness (QED) is 0.606. The predicted molar refractivity (Wildman–Crippen MR) is 63.4 cm³/mol. The molecule has 1 aliphatic heterocycles. The molecular formula is C14H15NO. The summed E-state index contributed by atoms with van der Waals surface area (Å²) in [6.45, 7) is 0. The smallest absolute Gasteiger partial charge is 0.254 e. The first-order valence-corrected chi connectivity index (χ1v) is 5.82. The molecule has 1 amide bonds. The third kappa shape index (κ3) is 1.22. The largest absolute Gasteiger partial charge is 0.338 e. The summed E-state index contributed by atoms with van der Waals surface area (Å²) in [7, 11) is 1.93. The highest BCUT2D eigenvalue weighted by Gasteiger charge is 2.36. The molecule has 0 radical (unpaired) electrons. The van der Waals surface area contributed by atoms with Gasteiger partial charge in [0.05, 0.1) is 0 Å². The van der Waals surface area contributed by atoms with E-state index in [1.165, 1.54) is 5.56 Å².